The molecule has 0 spiro atoms. The third-order valence-electron chi connectivity index (χ3n) is 5.22. The predicted octanol–water partition coefficient (Wildman–Crippen LogP) is 4.21. The van der Waals surface area contributed by atoms with E-state index in [1.165, 1.54) is 0 Å². The SMILES string of the molecule is C[C@H](NC(=O)N[C@@H]1COc2ccccc2[C@H]1O)c1ccc(-c2ccccc2)cc1. The van der Waals surface area contributed by atoms with Crippen LogP contribution in [0.2, 0.25) is 0 Å². The van der Waals surface area contributed by atoms with Crippen molar-refractivity contribution in [2.75, 3.05) is 6.61 Å². The minimum atomic E-state index is -0.800. The van der Waals surface area contributed by atoms with E-state index in [1.54, 1.807) is 0 Å². The number of aliphatic hydroxyl groups excluding tert-OH is 1. The zero-order valence-corrected chi connectivity index (χ0v) is 16.2. The zero-order chi connectivity index (χ0) is 20.2. The summed E-state index contributed by atoms with van der Waals surface area (Å²) < 4.78 is 5.65. The maximum absolute atomic E-state index is 12.5. The van der Waals surface area contributed by atoms with Gasteiger partial charge in [-0.15, -0.1) is 0 Å². The van der Waals surface area contributed by atoms with Crippen LogP contribution in [0.15, 0.2) is 78.9 Å². The van der Waals surface area contributed by atoms with Gasteiger partial charge in [-0.05, 0) is 29.7 Å². The smallest absolute Gasteiger partial charge is 0.315 e. The van der Waals surface area contributed by atoms with Crippen molar-refractivity contribution in [2.45, 2.75) is 25.1 Å². The van der Waals surface area contributed by atoms with Gasteiger partial charge in [0.15, 0.2) is 0 Å². The molecule has 3 atom stereocenters. The number of hydrogen-bond acceptors (Lipinski definition) is 3. The molecular weight excluding hydrogens is 364 g/mol. The summed E-state index contributed by atoms with van der Waals surface area (Å²) in [6.45, 7) is 2.16. The van der Waals surface area contributed by atoms with Crippen molar-refractivity contribution < 1.29 is 14.6 Å². The van der Waals surface area contributed by atoms with Crippen LogP contribution in [-0.2, 0) is 0 Å². The number of urea groups is 1. The molecule has 1 aliphatic rings. The number of ether oxygens (including phenoxy) is 1. The van der Waals surface area contributed by atoms with Gasteiger partial charge in [-0.1, -0.05) is 72.8 Å². The van der Waals surface area contributed by atoms with Gasteiger partial charge in [-0.3, -0.25) is 0 Å². The van der Waals surface area contributed by atoms with Crippen LogP contribution in [0.3, 0.4) is 0 Å². The van der Waals surface area contributed by atoms with Crippen LogP contribution in [0, 0.1) is 0 Å². The van der Waals surface area contributed by atoms with E-state index in [0.717, 1.165) is 16.7 Å². The number of amides is 2. The largest absolute Gasteiger partial charge is 0.491 e. The average molecular weight is 388 g/mol. The van der Waals surface area contributed by atoms with E-state index >= 15 is 0 Å². The van der Waals surface area contributed by atoms with Gasteiger partial charge in [-0.2, -0.15) is 0 Å². The number of rotatable bonds is 4. The monoisotopic (exact) mass is 388 g/mol. The number of hydrogen-bond donors (Lipinski definition) is 3. The van der Waals surface area contributed by atoms with Crippen LogP contribution in [0.1, 0.15) is 30.2 Å². The Balaban J connectivity index is 1.36. The van der Waals surface area contributed by atoms with E-state index in [0.29, 0.717) is 11.3 Å². The third-order valence-corrected chi connectivity index (χ3v) is 5.22. The highest BCUT2D eigenvalue weighted by Crippen LogP contribution is 2.31. The highest BCUT2D eigenvalue weighted by molar-refractivity contribution is 5.75. The van der Waals surface area contributed by atoms with Crippen LogP contribution in [-0.4, -0.2) is 23.8 Å². The molecule has 1 heterocycles. The summed E-state index contributed by atoms with van der Waals surface area (Å²) >= 11 is 0. The summed E-state index contributed by atoms with van der Waals surface area (Å²) in [5.74, 6) is 0.658. The first kappa shape index (κ1) is 19.0. The van der Waals surface area contributed by atoms with Crippen LogP contribution in [0.25, 0.3) is 11.1 Å². The lowest BCUT2D eigenvalue weighted by Crippen LogP contribution is -2.49. The lowest BCUT2D eigenvalue weighted by molar-refractivity contribution is 0.0772. The van der Waals surface area contributed by atoms with Gasteiger partial charge < -0.3 is 20.5 Å². The van der Waals surface area contributed by atoms with Gasteiger partial charge in [0.1, 0.15) is 18.5 Å². The quantitative estimate of drug-likeness (QED) is 0.627. The number of carbonyl (C=O) groups excluding carboxylic acids is 1. The second-order valence-electron chi connectivity index (χ2n) is 7.23. The molecule has 3 aromatic carbocycles. The van der Waals surface area contributed by atoms with E-state index in [9.17, 15) is 9.90 Å². The van der Waals surface area contributed by atoms with Crippen LogP contribution in [0.5, 0.6) is 5.75 Å². The fourth-order valence-corrected chi connectivity index (χ4v) is 3.55. The number of para-hydroxylation sites is 1. The van der Waals surface area contributed by atoms with Crippen LogP contribution in [0.4, 0.5) is 4.79 Å². The first-order chi connectivity index (χ1) is 14.1. The van der Waals surface area contributed by atoms with Gasteiger partial charge in [0, 0.05) is 5.56 Å². The third kappa shape index (κ3) is 4.25. The highest BCUT2D eigenvalue weighted by Gasteiger charge is 2.30. The van der Waals surface area contributed by atoms with Crippen LogP contribution < -0.4 is 15.4 Å². The summed E-state index contributed by atoms with van der Waals surface area (Å²) in [6.07, 6.45) is -0.800. The van der Waals surface area contributed by atoms with Crippen molar-refractivity contribution in [3.05, 3.63) is 90.0 Å². The molecule has 29 heavy (non-hydrogen) atoms. The molecule has 0 saturated carbocycles. The van der Waals surface area contributed by atoms with Gasteiger partial charge in [0.2, 0.25) is 0 Å². The van der Waals surface area contributed by atoms with Crippen molar-refractivity contribution >= 4 is 6.03 Å². The van der Waals surface area contributed by atoms with E-state index in [-0.39, 0.29) is 18.7 Å². The van der Waals surface area contributed by atoms with Gasteiger partial charge in [0.05, 0.1) is 12.1 Å². The van der Waals surface area contributed by atoms with E-state index in [1.807, 2.05) is 61.5 Å². The second kappa shape index (κ2) is 8.37. The minimum absolute atomic E-state index is 0.172. The molecule has 1 aliphatic heterocycles. The molecule has 5 nitrogen and oxygen atoms in total. The second-order valence-corrected chi connectivity index (χ2v) is 7.23. The first-order valence-electron chi connectivity index (χ1n) is 9.74. The topological polar surface area (TPSA) is 70.6 Å². The Morgan fingerprint density at radius 2 is 1.62 bits per heavy atom. The Bertz CT molecular complexity index is 973. The van der Waals surface area contributed by atoms with E-state index < -0.39 is 12.1 Å². The Labute approximate surface area is 170 Å². The van der Waals surface area contributed by atoms with E-state index in [2.05, 4.69) is 34.9 Å². The van der Waals surface area contributed by atoms with Crippen molar-refractivity contribution in [1.29, 1.82) is 0 Å². The van der Waals surface area contributed by atoms with E-state index in [4.69, 9.17) is 4.74 Å². The van der Waals surface area contributed by atoms with Crippen molar-refractivity contribution in [2.24, 2.45) is 0 Å². The normalized spacial score (nSPS) is 18.8. The number of aliphatic hydroxyl groups is 1. The summed E-state index contributed by atoms with van der Waals surface area (Å²) in [7, 11) is 0. The van der Waals surface area contributed by atoms with Crippen molar-refractivity contribution in [3.8, 4) is 16.9 Å². The molecule has 0 fully saturated rings. The summed E-state index contributed by atoms with van der Waals surface area (Å²) in [5, 5.41) is 16.3. The molecule has 0 radical (unpaired) electrons. The van der Waals surface area contributed by atoms with Gasteiger partial charge in [0.25, 0.3) is 0 Å². The number of nitrogens with one attached hydrogen (secondary N) is 2. The van der Waals surface area contributed by atoms with Crippen molar-refractivity contribution in [1.82, 2.24) is 10.6 Å². The highest BCUT2D eigenvalue weighted by atomic mass is 16.5. The lowest BCUT2D eigenvalue weighted by Gasteiger charge is -2.31. The molecule has 0 unspecified atom stereocenters. The van der Waals surface area contributed by atoms with Crippen molar-refractivity contribution in [3.63, 3.8) is 0 Å². The molecule has 0 bridgehead atoms. The Hall–Kier alpha value is -3.31. The minimum Gasteiger partial charge on any atom is -0.491 e. The molecule has 4 rings (SSSR count). The Kier molecular flexibility index (Phi) is 5.49. The standard InChI is InChI=1S/C24H24N2O3/c1-16(17-11-13-19(14-12-17)18-7-3-2-4-8-18)25-24(28)26-21-15-29-22-10-6-5-9-20(22)23(21)27/h2-14,16,21,23,27H,15H2,1H3,(H2,25,26,28)/t16-,21+,23+/m0/s1. The number of carbonyl (C=O) groups is 1. The van der Waals surface area contributed by atoms with Crippen LogP contribution >= 0.6 is 0 Å². The molecule has 2 amide bonds. The maximum atomic E-state index is 12.5. The zero-order valence-electron chi connectivity index (χ0n) is 16.2. The Morgan fingerprint density at radius 3 is 2.38 bits per heavy atom. The molecule has 0 aromatic heterocycles. The average Bonchev–Trinajstić information content (AvgIpc) is 2.76. The predicted molar refractivity (Wildman–Crippen MR) is 113 cm³/mol. The molecular formula is C24H24N2O3. The molecule has 3 aromatic rings. The molecule has 0 saturated heterocycles. The maximum Gasteiger partial charge on any atom is 0.315 e. The summed E-state index contributed by atoms with van der Waals surface area (Å²) in [6, 6.07) is 24.6. The lowest BCUT2D eigenvalue weighted by atomic mass is 9.99. The molecule has 0 aliphatic carbocycles. The Morgan fingerprint density at radius 1 is 0.966 bits per heavy atom. The fraction of sp³-hybridized carbons (Fsp3) is 0.208. The molecule has 5 heteroatoms. The molecule has 3 N–H and O–H groups in total. The molecule has 148 valence electrons. The number of fused-ring (bicyclic) bond motifs is 1. The number of benzene rings is 3. The van der Waals surface area contributed by atoms with Gasteiger partial charge in [-0.25, -0.2) is 4.79 Å². The summed E-state index contributed by atoms with van der Waals surface area (Å²) in [4.78, 5) is 12.5. The first-order valence-corrected chi connectivity index (χ1v) is 9.74. The summed E-state index contributed by atoms with van der Waals surface area (Å²) in [5.41, 5.74) is 3.98. The van der Waals surface area contributed by atoms with Gasteiger partial charge >= 0.3 is 6.03 Å². The fourth-order valence-electron chi connectivity index (χ4n) is 3.55.